The summed E-state index contributed by atoms with van der Waals surface area (Å²) in [5.41, 5.74) is 5.06. The maximum atomic E-state index is 10.6. The van der Waals surface area contributed by atoms with Gasteiger partial charge in [-0.3, -0.25) is 0 Å². The maximum Gasteiger partial charge on any atom is 0.314 e. The minimum absolute atomic E-state index is 0.340. The van der Waals surface area contributed by atoms with Crippen molar-refractivity contribution >= 4 is 6.03 Å². The molecular weight excluding hydrogens is 142 g/mol. The number of carbonyl (C=O) groups is 1. The van der Waals surface area contributed by atoms with Gasteiger partial charge in [0.1, 0.15) is 0 Å². The second-order valence-electron chi connectivity index (χ2n) is 2.80. The average Bonchev–Trinajstić information content (AvgIpc) is 2.37. The topological polar surface area (TPSA) is 70.1 Å². The standard InChI is InChI=1S/C7H11N3O/c8-3-1-6-2-4-10(5-6)7(9)11/h6H,1-2,4-5H2,(H2,9,11). The fourth-order valence-corrected chi connectivity index (χ4v) is 1.33. The van der Waals surface area contributed by atoms with Crippen LogP contribution < -0.4 is 5.73 Å². The third-order valence-corrected chi connectivity index (χ3v) is 1.98. The van der Waals surface area contributed by atoms with E-state index in [2.05, 4.69) is 6.07 Å². The molecule has 0 spiro atoms. The summed E-state index contributed by atoms with van der Waals surface area (Å²) >= 11 is 0. The molecule has 1 aliphatic heterocycles. The van der Waals surface area contributed by atoms with Crippen LogP contribution in [0.2, 0.25) is 0 Å². The molecule has 0 radical (unpaired) electrons. The molecule has 11 heavy (non-hydrogen) atoms. The van der Waals surface area contributed by atoms with E-state index in [4.69, 9.17) is 11.0 Å². The van der Waals surface area contributed by atoms with E-state index in [1.165, 1.54) is 0 Å². The highest BCUT2D eigenvalue weighted by Gasteiger charge is 2.23. The van der Waals surface area contributed by atoms with Crippen LogP contribution in [0.15, 0.2) is 0 Å². The van der Waals surface area contributed by atoms with Gasteiger partial charge in [-0.15, -0.1) is 0 Å². The summed E-state index contributed by atoms with van der Waals surface area (Å²) in [7, 11) is 0. The van der Waals surface area contributed by atoms with E-state index in [0.717, 1.165) is 6.42 Å². The van der Waals surface area contributed by atoms with Crippen LogP contribution >= 0.6 is 0 Å². The number of hydrogen-bond acceptors (Lipinski definition) is 2. The third-order valence-electron chi connectivity index (χ3n) is 1.98. The summed E-state index contributed by atoms with van der Waals surface area (Å²) in [4.78, 5) is 12.2. The highest BCUT2D eigenvalue weighted by Crippen LogP contribution is 2.18. The van der Waals surface area contributed by atoms with Crippen molar-refractivity contribution in [2.75, 3.05) is 13.1 Å². The van der Waals surface area contributed by atoms with Crippen LogP contribution in [0.3, 0.4) is 0 Å². The smallest absolute Gasteiger partial charge is 0.314 e. The Morgan fingerprint density at radius 2 is 2.55 bits per heavy atom. The van der Waals surface area contributed by atoms with Crippen molar-refractivity contribution in [3.05, 3.63) is 0 Å². The van der Waals surface area contributed by atoms with Gasteiger partial charge in [0, 0.05) is 19.5 Å². The van der Waals surface area contributed by atoms with E-state index >= 15 is 0 Å². The molecule has 0 aromatic heterocycles. The van der Waals surface area contributed by atoms with Gasteiger partial charge in [-0.1, -0.05) is 0 Å². The number of nitrogens with two attached hydrogens (primary N) is 1. The molecule has 60 valence electrons. The van der Waals surface area contributed by atoms with Gasteiger partial charge in [0.05, 0.1) is 6.07 Å². The number of nitrogens with zero attached hydrogens (tertiary/aromatic N) is 2. The van der Waals surface area contributed by atoms with Crippen molar-refractivity contribution in [2.24, 2.45) is 11.7 Å². The predicted molar refractivity (Wildman–Crippen MR) is 39.5 cm³/mol. The first-order valence-corrected chi connectivity index (χ1v) is 3.65. The van der Waals surface area contributed by atoms with Gasteiger partial charge in [0.15, 0.2) is 0 Å². The Morgan fingerprint density at radius 3 is 3.00 bits per heavy atom. The van der Waals surface area contributed by atoms with Crippen LogP contribution in [0.4, 0.5) is 4.79 Å². The zero-order valence-corrected chi connectivity index (χ0v) is 6.29. The van der Waals surface area contributed by atoms with Gasteiger partial charge in [0.25, 0.3) is 0 Å². The molecule has 1 rings (SSSR count). The maximum absolute atomic E-state index is 10.6. The SMILES string of the molecule is N#CCC1CCN(C(N)=O)C1. The number of primary amides is 1. The number of amides is 2. The molecule has 1 atom stereocenters. The summed E-state index contributed by atoms with van der Waals surface area (Å²) in [5, 5.41) is 8.37. The number of nitriles is 1. The lowest BCUT2D eigenvalue weighted by Gasteiger charge is -2.11. The van der Waals surface area contributed by atoms with Gasteiger partial charge >= 0.3 is 6.03 Å². The summed E-state index contributed by atoms with van der Waals surface area (Å²) in [5.74, 6) is 0.340. The Hall–Kier alpha value is -1.24. The molecule has 0 aromatic rings. The Balaban J connectivity index is 2.36. The minimum atomic E-state index is -0.370. The number of rotatable bonds is 1. The summed E-state index contributed by atoms with van der Waals surface area (Å²) in [6, 6.07) is 1.72. The van der Waals surface area contributed by atoms with Crippen molar-refractivity contribution in [3.8, 4) is 6.07 Å². The molecule has 2 N–H and O–H groups in total. The lowest BCUT2D eigenvalue weighted by Crippen LogP contribution is -2.33. The molecule has 1 heterocycles. The number of carbonyl (C=O) groups excluding carboxylic acids is 1. The van der Waals surface area contributed by atoms with E-state index in [1.807, 2.05) is 0 Å². The molecule has 0 aliphatic carbocycles. The fraction of sp³-hybridized carbons (Fsp3) is 0.714. The molecule has 2 amide bonds. The first-order valence-electron chi connectivity index (χ1n) is 3.65. The van der Waals surface area contributed by atoms with Crippen molar-refractivity contribution < 1.29 is 4.79 Å². The second-order valence-corrected chi connectivity index (χ2v) is 2.80. The van der Waals surface area contributed by atoms with Crippen LogP contribution in [0, 0.1) is 17.2 Å². The molecular formula is C7H11N3O. The Kier molecular flexibility index (Phi) is 2.32. The Morgan fingerprint density at radius 1 is 1.82 bits per heavy atom. The lowest BCUT2D eigenvalue weighted by molar-refractivity contribution is 0.217. The molecule has 1 saturated heterocycles. The van der Waals surface area contributed by atoms with Gasteiger partial charge in [-0.05, 0) is 12.3 Å². The third kappa shape index (κ3) is 1.84. The van der Waals surface area contributed by atoms with E-state index in [9.17, 15) is 4.79 Å². The zero-order chi connectivity index (χ0) is 8.27. The molecule has 1 unspecified atom stereocenters. The van der Waals surface area contributed by atoms with Crippen LogP contribution in [0.1, 0.15) is 12.8 Å². The number of urea groups is 1. The van der Waals surface area contributed by atoms with Gasteiger partial charge in [-0.2, -0.15) is 5.26 Å². The molecule has 1 aliphatic rings. The van der Waals surface area contributed by atoms with Gasteiger partial charge < -0.3 is 10.6 Å². The molecule has 1 fully saturated rings. The average molecular weight is 153 g/mol. The minimum Gasteiger partial charge on any atom is -0.351 e. The van der Waals surface area contributed by atoms with Crippen molar-refractivity contribution in [1.82, 2.24) is 4.90 Å². The molecule has 0 bridgehead atoms. The van der Waals surface area contributed by atoms with Crippen LogP contribution in [-0.2, 0) is 0 Å². The van der Waals surface area contributed by atoms with Crippen LogP contribution in [0.25, 0.3) is 0 Å². The quantitative estimate of drug-likeness (QED) is 0.588. The summed E-state index contributed by atoms with van der Waals surface area (Å²) in [6.45, 7) is 1.37. The lowest BCUT2D eigenvalue weighted by atomic mass is 10.1. The van der Waals surface area contributed by atoms with Crippen LogP contribution in [0.5, 0.6) is 0 Å². The fourth-order valence-electron chi connectivity index (χ4n) is 1.33. The van der Waals surface area contributed by atoms with E-state index in [1.54, 1.807) is 4.90 Å². The molecule has 4 heteroatoms. The van der Waals surface area contributed by atoms with Crippen LogP contribution in [-0.4, -0.2) is 24.0 Å². The normalized spacial score (nSPS) is 23.2. The Bertz CT molecular complexity index is 196. The van der Waals surface area contributed by atoms with E-state index in [0.29, 0.717) is 25.4 Å². The summed E-state index contributed by atoms with van der Waals surface area (Å²) < 4.78 is 0. The van der Waals surface area contributed by atoms with Crippen molar-refractivity contribution in [2.45, 2.75) is 12.8 Å². The molecule has 0 aromatic carbocycles. The molecule has 4 nitrogen and oxygen atoms in total. The second kappa shape index (κ2) is 3.24. The monoisotopic (exact) mass is 153 g/mol. The van der Waals surface area contributed by atoms with E-state index < -0.39 is 0 Å². The largest absolute Gasteiger partial charge is 0.351 e. The number of likely N-dealkylation sites (tertiary alicyclic amines) is 1. The highest BCUT2D eigenvalue weighted by molar-refractivity contribution is 5.72. The Labute approximate surface area is 65.6 Å². The molecule has 0 saturated carbocycles. The predicted octanol–water partition coefficient (Wildman–Crippen LogP) is 0.301. The zero-order valence-electron chi connectivity index (χ0n) is 6.29. The van der Waals surface area contributed by atoms with Crippen molar-refractivity contribution in [1.29, 1.82) is 5.26 Å². The first-order chi connectivity index (χ1) is 5.24. The number of hydrogen-bond donors (Lipinski definition) is 1. The van der Waals surface area contributed by atoms with Gasteiger partial charge in [-0.25, -0.2) is 4.79 Å². The summed E-state index contributed by atoms with van der Waals surface area (Å²) in [6.07, 6.45) is 1.44. The van der Waals surface area contributed by atoms with Gasteiger partial charge in [0.2, 0.25) is 0 Å². The van der Waals surface area contributed by atoms with Crippen molar-refractivity contribution in [3.63, 3.8) is 0 Å². The van der Waals surface area contributed by atoms with E-state index in [-0.39, 0.29) is 6.03 Å². The highest BCUT2D eigenvalue weighted by atomic mass is 16.2. The first kappa shape index (κ1) is 7.86.